The Morgan fingerprint density at radius 1 is 1.33 bits per heavy atom. The molecule has 0 saturated carbocycles. The second-order valence-electron chi connectivity index (χ2n) is 6.05. The highest BCUT2D eigenvalue weighted by Crippen LogP contribution is 2.27. The molecule has 1 N–H and O–H groups in total. The van der Waals surface area contributed by atoms with Crippen LogP contribution in [0.3, 0.4) is 0 Å². The Bertz CT molecular complexity index is 415. The van der Waals surface area contributed by atoms with Gasteiger partial charge in [0.25, 0.3) is 0 Å². The van der Waals surface area contributed by atoms with Gasteiger partial charge in [-0.3, -0.25) is 0 Å². The fourth-order valence-corrected chi connectivity index (χ4v) is 2.65. The average molecular weight is 267 g/mol. The lowest BCUT2D eigenvalue weighted by molar-refractivity contribution is 0.325. The van der Waals surface area contributed by atoms with E-state index >= 15 is 0 Å². The van der Waals surface area contributed by atoms with E-state index in [0.717, 1.165) is 36.8 Å². The normalized spacial score (nSPS) is 20.3. The highest BCUT2D eigenvalue weighted by atomic mass is 35.5. The van der Waals surface area contributed by atoms with Crippen LogP contribution in [0.1, 0.15) is 25.8 Å². The Kier molecular flexibility index (Phi) is 4.18. The van der Waals surface area contributed by atoms with Crippen LogP contribution in [0.25, 0.3) is 0 Å². The summed E-state index contributed by atoms with van der Waals surface area (Å²) in [6, 6.07) is 6.40. The maximum Gasteiger partial charge on any atom is 0.0455 e. The summed E-state index contributed by atoms with van der Waals surface area (Å²) in [5.41, 5.74) is 2.69. The van der Waals surface area contributed by atoms with Crippen molar-refractivity contribution in [2.24, 2.45) is 5.41 Å². The summed E-state index contributed by atoms with van der Waals surface area (Å²) in [6.45, 7) is 11.0. The number of nitrogens with one attached hydrogen (secondary N) is 1. The zero-order valence-electron chi connectivity index (χ0n) is 11.6. The largest absolute Gasteiger partial charge is 0.371 e. The van der Waals surface area contributed by atoms with Crippen LogP contribution >= 0.6 is 11.6 Å². The minimum atomic E-state index is 0.289. The Morgan fingerprint density at radius 2 is 2.11 bits per heavy atom. The summed E-state index contributed by atoms with van der Waals surface area (Å²) >= 11 is 6.24. The molecule has 0 amide bonds. The standard InChI is InChI=1S/C15H23ClN2/c1-12-5-6-13(9-14(12)16)18-8-4-7-17-10-15(2,3)11-18/h5-6,9,17H,4,7-8,10-11H2,1-3H3. The zero-order valence-corrected chi connectivity index (χ0v) is 12.3. The molecule has 1 heterocycles. The topological polar surface area (TPSA) is 15.3 Å². The van der Waals surface area contributed by atoms with E-state index in [4.69, 9.17) is 11.6 Å². The summed E-state index contributed by atoms with van der Waals surface area (Å²) in [4.78, 5) is 2.46. The third-order valence-corrected chi connectivity index (χ3v) is 3.93. The van der Waals surface area contributed by atoms with E-state index in [0.29, 0.717) is 0 Å². The third kappa shape index (κ3) is 3.39. The highest BCUT2D eigenvalue weighted by Gasteiger charge is 2.23. The predicted molar refractivity (Wildman–Crippen MR) is 79.7 cm³/mol. The van der Waals surface area contributed by atoms with Gasteiger partial charge in [-0.15, -0.1) is 0 Å². The molecule has 1 aliphatic rings. The van der Waals surface area contributed by atoms with Crippen LogP contribution in [-0.4, -0.2) is 26.2 Å². The minimum Gasteiger partial charge on any atom is -0.371 e. The second kappa shape index (κ2) is 5.50. The van der Waals surface area contributed by atoms with Crippen molar-refractivity contribution in [1.82, 2.24) is 5.32 Å². The lowest BCUT2D eigenvalue weighted by atomic mass is 9.91. The quantitative estimate of drug-likeness (QED) is 0.837. The highest BCUT2D eigenvalue weighted by molar-refractivity contribution is 6.31. The Morgan fingerprint density at radius 3 is 2.83 bits per heavy atom. The maximum atomic E-state index is 6.24. The number of benzene rings is 1. The number of aryl methyl sites for hydroxylation is 1. The first-order chi connectivity index (χ1) is 8.48. The molecule has 2 rings (SSSR count). The molecule has 3 heteroatoms. The fourth-order valence-electron chi connectivity index (χ4n) is 2.47. The van der Waals surface area contributed by atoms with Crippen LogP contribution in [0.15, 0.2) is 18.2 Å². The molecule has 0 aromatic heterocycles. The van der Waals surface area contributed by atoms with E-state index in [1.807, 2.05) is 6.92 Å². The molecule has 0 aliphatic carbocycles. The first-order valence-corrected chi connectivity index (χ1v) is 7.08. The van der Waals surface area contributed by atoms with Crippen LogP contribution in [-0.2, 0) is 0 Å². The lowest BCUT2D eigenvalue weighted by Crippen LogP contribution is -2.44. The van der Waals surface area contributed by atoms with Crippen LogP contribution in [0.5, 0.6) is 0 Å². The van der Waals surface area contributed by atoms with Gasteiger partial charge in [-0.2, -0.15) is 0 Å². The van der Waals surface area contributed by atoms with Crippen molar-refractivity contribution in [2.45, 2.75) is 27.2 Å². The van der Waals surface area contributed by atoms with Crippen molar-refractivity contribution in [3.8, 4) is 0 Å². The molecule has 1 fully saturated rings. The van der Waals surface area contributed by atoms with E-state index in [2.05, 4.69) is 42.3 Å². The van der Waals surface area contributed by atoms with E-state index in [-0.39, 0.29) is 5.41 Å². The van der Waals surface area contributed by atoms with Crippen LogP contribution in [0.2, 0.25) is 5.02 Å². The van der Waals surface area contributed by atoms with Gasteiger partial charge in [0.15, 0.2) is 0 Å². The Labute approximate surface area is 115 Å². The van der Waals surface area contributed by atoms with Crippen LogP contribution in [0, 0.1) is 12.3 Å². The van der Waals surface area contributed by atoms with Gasteiger partial charge in [-0.05, 0) is 43.0 Å². The second-order valence-corrected chi connectivity index (χ2v) is 6.46. The zero-order chi connectivity index (χ0) is 13.2. The van der Waals surface area contributed by atoms with Gasteiger partial charge >= 0.3 is 0 Å². The van der Waals surface area contributed by atoms with Crippen molar-refractivity contribution in [3.63, 3.8) is 0 Å². The Balaban J connectivity index is 2.20. The maximum absolute atomic E-state index is 6.24. The number of hydrogen-bond donors (Lipinski definition) is 1. The summed E-state index contributed by atoms with van der Waals surface area (Å²) in [5.74, 6) is 0. The molecule has 0 unspecified atom stereocenters. The number of nitrogens with zero attached hydrogens (tertiary/aromatic N) is 1. The van der Waals surface area contributed by atoms with Gasteiger partial charge in [0.1, 0.15) is 0 Å². The van der Waals surface area contributed by atoms with Gasteiger partial charge in [0.2, 0.25) is 0 Å². The SMILES string of the molecule is Cc1ccc(N2CCCNCC(C)(C)C2)cc1Cl. The van der Waals surface area contributed by atoms with Gasteiger partial charge in [-0.1, -0.05) is 31.5 Å². The summed E-state index contributed by atoms with van der Waals surface area (Å²) in [6.07, 6.45) is 1.18. The first-order valence-electron chi connectivity index (χ1n) is 6.70. The van der Waals surface area contributed by atoms with E-state index < -0.39 is 0 Å². The van der Waals surface area contributed by atoms with E-state index in [1.165, 1.54) is 12.1 Å². The molecule has 1 aromatic rings. The molecule has 1 aromatic carbocycles. The average Bonchev–Trinajstić information content (AvgIpc) is 2.28. The molecule has 1 aliphatic heterocycles. The monoisotopic (exact) mass is 266 g/mol. The molecule has 18 heavy (non-hydrogen) atoms. The van der Waals surface area contributed by atoms with E-state index in [1.54, 1.807) is 0 Å². The third-order valence-electron chi connectivity index (χ3n) is 3.52. The molecule has 0 bridgehead atoms. The first kappa shape index (κ1) is 13.7. The van der Waals surface area contributed by atoms with E-state index in [9.17, 15) is 0 Å². The molecule has 100 valence electrons. The summed E-state index contributed by atoms with van der Waals surface area (Å²) in [5, 5.41) is 4.38. The predicted octanol–water partition coefficient (Wildman–Crippen LogP) is 3.47. The van der Waals surface area contributed by atoms with Gasteiger partial charge in [0.05, 0.1) is 0 Å². The van der Waals surface area contributed by atoms with Crippen molar-refractivity contribution >= 4 is 17.3 Å². The summed E-state index contributed by atoms with van der Waals surface area (Å²) in [7, 11) is 0. The molecular weight excluding hydrogens is 244 g/mol. The molecule has 0 atom stereocenters. The molecule has 2 nitrogen and oxygen atoms in total. The molecular formula is C15H23ClN2. The number of hydrogen-bond acceptors (Lipinski definition) is 2. The number of rotatable bonds is 1. The Hall–Kier alpha value is -0.730. The molecule has 0 spiro atoms. The molecule has 1 saturated heterocycles. The van der Waals surface area contributed by atoms with Crippen LogP contribution < -0.4 is 10.2 Å². The van der Waals surface area contributed by atoms with Crippen molar-refractivity contribution in [1.29, 1.82) is 0 Å². The van der Waals surface area contributed by atoms with Crippen molar-refractivity contribution < 1.29 is 0 Å². The minimum absolute atomic E-state index is 0.289. The van der Waals surface area contributed by atoms with Crippen molar-refractivity contribution in [2.75, 3.05) is 31.1 Å². The fraction of sp³-hybridized carbons (Fsp3) is 0.600. The van der Waals surface area contributed by atoms with Gasteiger partial charge < -0.3 is 10.2 Å². The lowest BCUT2D eigenvalue weighted by Gasteiger charge is -2.37. The molecule has 0 radical (unpaired) electrons. The van der Waals surface area contributed by atoms with Gasteiger partial charge in [-0.25, -0.2) is 0 Å². The number of halogens is 1. The smallest absolute Gasteiger partial charge is 0.0455 e. The van der Waals surface area contributed by atoms with Gasteiger partial charge in [0, 0.05) is 30.3 Å². The number of anilines is 1. The van der Waals surface area contributed by atoms with Crippen molar-refractivity contribution in [3.05, 3.63) is 28.8 Å². The van der Waals surface area contributed by atoms with Crippen LogP contribution in [0.4, 0.5) is 5.69 Å². The summed E-state index contributed by atoms with van der Waals surface area (Å²) < 4.78 is 0.